The van der Waals surface area contributed by atoms with Gasteiger partial charge in [-0.25, -0.2) is 32.7 Å². The molecule has 12 heteroatoms. The normalized spacial score (nSPS) is 13.7. The molecule has 0 unspecified atom stereocenters. The number of hydrogen-bond donors (Lipinski definition) is 3. The van der Waals surface area contributed by atoms with Gasteiger partial charge in [-0.05, 0) is 24.1 Å². The quantitative estimate of drug-likeness (QED) is 0.404. The van der Waals surface area contributed by atoms with E-state index in [4.69, 9.17) is 11.6 Å². The summed E-state index contributed by atoms with van der Waals surface area (Å²) in [5, 5.41) is 17.1. The zero-order valence-electron chi connectivity index (χ0n) is 18.8. The van der Waals surface area contributed by atoms with Crippen LogP contribution in [-0.4, -0.2) is 48.6 Å². The van der Waals surface area contributed by atoms with E-state index < -0.39 is 20.7 Å². The summed E-state index contributed by atoms with van der Waals surface area (Å²) in [5.74, 6) is 0.132. The average Bonchev–Trinajstić information content (AvgIpc) is 3.26. The molecule has 2 heterocycles. The number of nitrogens with zero attached hydrogens (tertiary/aromatic N) is 5. The summed E-state index contributed by atoms with van der Waals surface area (Å²) in [6.45, 7) is 2.27. The first-order chi connectivity index (χ1) is 16.2. The van der Waals surface area contributed by atoms with E-state index >= 15 is 0 Å². The molecule has 1 aliphatic heterocycles. The zero-order valence-corrected chi connectivity index (χ0v) is 20.4. The van der Waals surface area contributed by atoms with E-state index in [-0.39, 0.29) is 29.2 Å². The van der Waals surface area contributed by atoms with Crippen LogP contribution in [-0.2, 0) is 10.0 Å². The number of nitrogens with one attached hydrogen (secondary N) is 2. The monoisotopic (exact) mass is 501 g/mol. The van der Waals surface area contributed by atoms with Crippen molar-refractivity contribution in [2.45, 2.75) is 24.3 Å². The third-order valence-electron chi connectivity index (χ3n) is 5.30. The van der Waals surface area contributed by atoms with Gasteiger partial charge in [0, 0.05) is 14.1 Å². The molecule has 34 heavy (non-hydrogen) atoms. The van der Waals surface area contributed by atoms with Crippen molar-refractivity contribution < 1.29 is 13.5 Å². The number of phenolic OH excluding ortho intramolecular Hbond substituents is 1. The second-order valence-electron chi connectivity index (χ2n) is 7.73. The van der Waals surface area contributed by atoms with Gasteiger partial charge in [-0.3, -0.25) is 0 Å². The molecule has 1 atom stereocenters. The fourth-order valence-corrected chi connectivity index (χ4v) is 4.94. The smallest absolute Gasteiger partial charge is 0.247 e. The lowest BCUT2D eigenvalue weighted by Gasteiger charge is -2.21. The van der Waals surface area contributed by atoms with E-state index in [0.29, 0.717) is 16.8 Å². The third kappa shape index (κ3) is 4.54. The number of sulfonamides is 1. The number of aromatic hydroxyl groups is 1. The van der Waals surface area contributed by atoms with Gasteiger partial charge in [0.2, 0.25) is 10.0 Å². The van der Waals surface area contributed by atoms with Crippen LogP contribution in [0.25, 0.3) is 0 Å². The van der Waals surface area contributed by atoms with Gasteiger partial charge >= 0.3 is 0 Å². The molecule has 3 aromatic rings. The highest BCUT2D eigenvalue weighted by atomic mass is 35.5. The van der Waals surface area contributed by atoms with Crippen LogP contribution >= 0.6 is 11.6 Å². The molecule has 0 spiro atoms. The Balaban J connectivity index is 1.79. The van der Waals surface area contributed by atoms with E-state index in [9.17, 15) is 13.5 Å². The van der Waals surface area contributed by atoms with Crippen LogP contribution < -0.4 is 21.6 Å². The molecule has 0 saturated heterocycles. The van der Waals surface area contributed by atoms with Crippen LogP contribution in [0.4, 0.5) is 17.3 Å². The van der Waals surface area contributed by atoms with Crippen LogP contribution in [0.2, 0.25) is 5.02 Å². The molecule has 3 N–H and O–H groups in total. The molecular weight excluding hydrogens is 478 g/mol. The maximum absolute atomic E-state index is 12.7. The van der Waals surface area contributed by atoms with Crippen molar-refractivity contribution in [3.63, 3.8) is 0 Å². The Morgan fingerprint density at radius 2 is 1.71 bits per heavy atom. The average molecular weight is 502 g/mol. The molecule has 10 nitrogen and oxygen atoms in total. The number of hydrogen-bond acceptors (Lipinski definition) is 9. The molecule has 0 amide bonds. The molecule has 0 radical (unpaired) electrons. The molecule has 1 aromatic heterocycles. The van der Waals surface area contributed by atoms with Gasteiger partial charge in [0.25, 0.3) is 0 Å². The Kier molecular flexibility index (Phi) is 6.69. The maximum Gasteiger partial charge on any atom is 0.247 e. The molecule has 0 bridgehead atoms. The maximum atomic E-state index is 12.7. The van der Waals surface area contributed by atoms with E-state index in [0.717, 1.165) is 16.3 Å². The fraction of sp³-hybridized carbons (Fsp3) is 0.273. The predicted octanol–water partition coefficient (Wildman–Crippen LogP) is 2.60. The molecule has 0 aliphatic carbocycles. The molecular formula is C22H24ClN7O3S. The Hall–Kier alpha value is -3.28. The standard InChI is InChI=1S/C22H24ClN7O3S/c1-4-15(13-8-6-5-7-9-13)26-21-22(29-20-19(28-21)24-12-25-20)27-16-11-10-14(23)18(17(16)31)34(32,33)30(2)3/h5-11,15,31H,4,12H2,1-3H3,(H,24,26,28)(H,25,27,29)/t15-/m1/s1. The summed E-state index contributed by atoms with van der Waals surface area (Å²) in [7, 11) is -1.29. The Labute approximate surface area is 202 Å². The van der Waals surface area contributed by atoms with Crippen LogP contribution in [0, 0.1) is 0 Å². The summed E-state index contributed by atoms with van der Waals surface area (Å²) < 4.78 is 26.4. The van der Waals surface area contributed by atoms with Crippen LogP contribution in [0.5, 0.6) is 5.75 Å². The number of phenols is 1. The molecule has 4 rings (SSSR count). The van der Waals surface area contributed by atoms with Gasteiger partial charge < -0.3 is 15.7 Å². The summed E-state index contributed by atoms with van der Waals surface area (Å²) >= 11 is 6.14. The third-order valence-corrected chi connectivity index (χ3v) is 7.61. The van der Waals surface area contributed by atoms with E-state index in [1.165, 1.54) is 26.2 Å². The van der Waals surface area contributed by atoms with Crippen molar-refractivity contribution in [3.05, 3.63) is 64.0 Å². The number of benzene rings is 2. The van der Waals surface area contributed by atoms with Crippen molar-refractivity contribution in [1.82, 2.24) is 14.3 Å². The van der Waals surface area contributed by atoms with Crippen LogP contribution in [0.1, 0.15) is 24.9 Å². The van der Waals surface area contributed by atoms with Gasteiger partial charge in [0.05, 0.1) is 16.8 Å². The van der Waals surface area contributed by atoms with E-state index in [1.54, 1.807) is 0 Å². The summed E-state index contributed by atoms with van der Waals surface area (Å²) in [5.41, 5.74) is 1.93. The minimum Gasteiger partial charge on any atom is -0.504 e. The lowest BCUT2D eigenvalue weighted by Crippen LogP contribution is -2.31. The molecule has 0 fully saturated rings. The number of fused-ring (bicyclic) bond motifs is 1. The number of rotatable bonds is 8. The van der Waals surface area contributed by atoms with Crippen molar-refractivity contribution in [3.8, 4) is 5.75 Å². The fourth-order valence-electron chi connectivity index (χ4n) is 3.46. The highest BCUT2D eigenvalue weighted by Crippen LogP contribution is 2.39. The Morgan fingerprint density at radius 1 is 1.06 bits per heavy atom. The Bertz CT molecular complexity index is 1450. The van der Waals surface area contributed by atoms with Gasteiger partial charge in [0.15, 0.2) is 28.4 Å². The second-order valence-corrected chi connectivity index (χ2v) is 10.2. The topological polar surface area (TPSA) is 132 Å². The summed E-state index contributed by atoms with van der Waals surface area (Å²) in [6, 6.07) is 12.7. The number of halogens is 1. The molecule has 1 aliphatic rings. The first kappa shape index (κ1) is 23.9. The molecule has 178 valence electrons. The lowest BCUT2D eigenvalue weighted by atomic mass is 10.0. The minimum absolute atomic E-state index is 0.0732. The van der Waals surface area contributed by atoms with Crippen molar-refractivity contribution in [1.29, 1.82) is 0 Å². The van der Waals surface area contributed by atoms with E-state index in [2.05, 4.69) is 30.6 Å². The lowest BCUT2D eigenvalue weighted by molar-refractivity contribution is 0.455. The predicted molar refractivity (Wildman–Crippen MR) is 130 cm³/mol. The van der Waals surface area contributed by atoms with Gasteiger partial charge in [-0.1, -0.05) is 48.9 Å². The molecule has 0 saturated carbocycles. The summed E-state index contributed by atoms with van der Waals surface area (Å²) in [4.78, 5) is 17.2. The van der Waals surface area contributed by atoms with Gasteiger partial charge in [-0.2, -0.15) is 0 Å². The van der Waals surface area contributed by atoms with Crippen molar-refractivity contribution in [2.75, 3.05) is 31.4 Å². The SMILES string of the molecule is CC[C@@H](Nc1nc2c(nc1Nc1ccc(Cl)c(S(=O)(=O)N(C)C)c1O)=NCN=2)c1ccccc1. The van der Waals surface area contributed by atoms with Crippen LogP contribution in [0.3, 0.4) is 0 Å². The number of aromatic nitrogens is 2. The second kappa shape index (κ2) is 9.53. The highest BCUT2D eigenvalue weighted by molar-refractivity contribution is 7.89. The van der Waals surface area contributed by atoms with Crippen molar-refractivity contribution in [2.24, 2.45) is 9.98 Å². The number of anilines is 3. The Morgan fingerprint density at radius 3 is 2.32 bits per heavy atom. The first-order valence-corrected chi connectivity index (χ1v) is 12.3. The van der Waals surface area contributed by atoms with Gasteiger partial charge in [-0.15, -0.1) is 0 Å². The van der Waals surface area contributed by atoms with Crippen molar-refractivity contribution >= 4 is 38.9 Å². The minimum atomic E-state index is -4.01. The first-order valence-electron chi connectivity index (χ1n) is 10.5. The molecule has 2 aromatic carbocycles. The zero-order chi connectivity index (χ0) is 24.5. The van der Waals surface area contributed by atoms with Gasteiger partial charge in [0.1, 0.15) is 11.6 Å². The highest BCUT2D eigenvalue weighted by Gasteiger charge is 2.27. The van der Waals surface area contributed by atoms with E-state index in [1.807, 2.05) is 37.3 Å². The largest absolute Gasteiger partial charge is 0.504 e. The summed E-state index contributed by atoms with van der Waals surface area (Å²) in [6.07, 6.45) is 0.765. The van der Waals surface area contributed by atoms with Crippen LogP contribution in [0.15, 0.2) is 57.3 Å².